The Labute approximate surface area is 68.2 Å². The van der Waals surface area contributed by atoms with Gasteiger partial charge in [0.2, 0.25) is 0 Å². The molecule has 1 aromatic carbocycles. The van der Waals surface area contributed by atoms with E-state index in [1.807, 2.05) is 18.2 Å². The Hall–Kier alpha value is -1.33. The molecule has 12 heavy (non-hydrogen) atoms. The minimum atomic E-state index is 0.514. The zero-order valence-electron chi connectivity index (χ0n) is 6.13. The fourth-order valence-electron chi connectivity index (χ4n) is 0.532. The van der Waals surface area contributed by atoms with Gasteiger partial charge in [-0.25, -0.2) is 0 Å². The van der Waals surface area contributed by atoms with Crippen LogP contribution in [0.3, 0.4) is 0 Å². The van der Waals surface area contributed by atoms with Gasteiger partial charge >= 0.3 is 0 Å². The Morgan fingerprint density at radius 2 is 1.58 bits per heavy atom. The van der Waals surface area contributed by atoms with Crippen LogP contribution in [0.25, 0.3) is 0 Å². The SMILES string of the molecule is FNNF.O=Cc1ccccc1. The van der Waals surface area contributed by atoms with E-state index < -0.39 is 0 Å². The van der Waals surface area contributed by atoms with Crippen LogP contribution in [0, 0.1) is 0 Å². The van der Waals surface area contributed by atoms with Crippen LogP contribution in [-0.4, -0.2) is 6.29 Å². The summed E-state index contributed by atoms with van der Waals surface area (Å²) in [5.41, 5.74) is 1.76. The predicted octanol–water partition coefficient (Wildman–Crippen LogP) is 1.35. The first-order valence-electron chi connectivity index (χ1n) is 3.06. The predicted molar refractivity (Wildman–Crippen MR) is 40.3 cm³/mol. The van der Waals surface area contributed by atoms with Crippen molar-refractivity contribution in [3.8, 4) is 0 Å². The number of hydrazine groups is 1. The summed E-state index contributed by atoms with van der Waals surface area (Å²) in [5.74, 6) is 0. The lowest BCUT2D eigenvalue weighted by Gasteiger charge is -1.81. The van der Waals surface area contributed by atoms with Gasteiger partial charge in [0, 0.05) is 5.56 Å². The summed E-state index contributed by atoms with van der Waals surface area (Å²) in [4.78, 5) is 10.0. The molecule has 0 radical (unpaired) electrons. The first kappa shape index (κ1) is 10.7. The molecule has 0 amide bonds. The lowest BCUT2D eigenvalue weighted by atomic mass is 10.2. The van der Waals surface area contributed by atoms with Gasteiger partial charge in [0.15, 0.2) is 0 Å². The minimum Gasteiger partial charge on any atom is -0.298 e. The number of nitrogens with one attached hydrogen (secondary N) is 2. The van der Waals surface area contributed by atoms with E-state index in [1.54, 1.807) is 12.1 Å². The fourth-order valence-corrected chi connectivity index (χ4v) is 0.532. The topological polar surface area (TPSA) is 41.1 Å². The van der Waals surface area contributed by atoms with Crippen LogP contribution in [0.1, 0.15) is 10.4 Å². The van der Waals surface area contributed by atoms with Crippen LogP contribution in [0.4, 0.5) is 8.96 Å². The third kappa shape index (κ3) is 5.45. The number of rotatable bonds is 2. The maximum atomic E-state index is 10.0. The highest BCUT2D eigenvalue weighted by Gasteiger charge is 1.79. The summed E-state index contributed by atoms with van der Waals surface area (Å²) in [6.07, 6.45) is 0.833. The van der Waals surface area contributed by atoms with Gasteiger partial charge in [-0.2, -0.15) is 0 Å². The highest BCUT2D eigenvalue weighted by Crippen LogP contribution is 1.91. The first-order valence-corrected chi connectivity index (χ1v) is 3.06. The average Bonchev–Trinajstić information content (AvgIpc) is 2.19. The second-order valence-corrected chi connectivity index (χ2v) is 1.72. The van der Waals surface area contributed by atoms with Crippen molar-refractivity contribution in [2.24, 2.45) is 0 Å². The number of hydrogen-bond donors (Lipinski definition) is 2. The third-order valence-electron chi connectivity index (χ3n) is 0.971. The largest absolute Gasteiger partial charge is 0.298 e. The lowest BCUT2D eigenvalue weighted by Crippen LogP contribution is -2.10. The van der Waals surface area contributed by atoms with Crippen molar-refractivity contribution in [1.29, 1.82) is 0 Å². The first-order chi connectivity index (χ1) is 5.85. The maximum Gasteiger partial charge on any atom is 0.150 e. The van der Waals surface area contributed by atoms with Gasteiger partial charge in [-0.15, -0.1) is 8.96 Å². The van der Waals surface area contributed by atoms with Crippen molar-refractivity contribution >= 4 is 6.29 Å². The molecule has 0 aliphatic rings. The van der Waals surface area contributed by atoms with Gasteiger partial charge in [-0.1, -0.05) is 41.6 Å². The van der Waals surface area contributed by atoms with Crippen molar-refractivity contribution in [3.63, 3.8) is 0 Å². The van der Waals surface area contributed by atoms with Crippen molar-refractivity contribution < 1.29 is 13.8 Å². The smallest absolute Gasteiger partial charge is 0.150 e. The molecule has 0 bridgehead atoms. The molecule has 0 atom stereocenters. The standard InChI is InChI=1S/C7H6O.F2H2N2/c8-6-7-4-2-1-3-5-7;1-3-4-2/h1-6H;3-4H. The second-order valence-electron chi connectivity index (χ2n) is 1.72. The molecule has 0 unspecified atom stereocenters. The molecule has 0 saturated carbocycles. The van der Waals surface area contributed by atoms with E-state index in [-0.39, 0.29) is 0 Å². The molecule has 0 aromatic heterocycles. The quantitative estimate of drug-likeness (QED) is 0.404. The summed E-state index contributed by atoms with van der Waals surface area (Å²) < 4.78 is 20.0. The molecule has 1 rings (SSSR count). The number of carbonyl (C=O) groups is 1. The van der Waals surface area contributed by atoms with Gasteiger partial charge in [-0.3, -0.25) is 4.79 Å². The Bertz CT molecular complexity index is 204. The van der Waals surface area contributed by atoms with E-state index in [0.29, 0.717) is 11.3 Å². The minimum absolute atomic E-state index is 0.514. The van der Waals surface area contributed by atoms with Crippen molar-refractivity contribution in [2.45, 2.75) is 0 Å². The van der Waals surface area contributed by atoms with E-state index in [2.05, 4.69) is 0 Å². The van der Waals surface area contributed by atoms with Crippen LogP contribution in [0.15, 0.2) is 30.3 Å². The van der Waals surface area contributed by atoms with Gasteiger partial charge in [0.1, 0.15) is 6.29 Å². The Morgan fingerprint density at radius 3 is 1.83 bits per heavy atom. The van der Waals surface area contributed by atoms with E-state index in [0.717, 1.165) is 11.8 Å². The molecule has 5 heteroatoms. The van der Waals surface area contributed by atoms with E-state index >= 15 is 0 Å². The number of carbonyl (C=O) groups excluding carboxylic acids is 1. The number of benzene rings is 1. The molecule has 1 aromatic rings. The Balaban J connectivity index is 0.000000261. The highest BCUT2D eigenvalue weighted by atomic mass is 19.2. The van der Waals surface area contributed by atoms with E-state index in [1.165, 1.54) is 0 Å². The number of aldehydes is 1. The lowest BCUT2D eigenvalue weighted by molar-refractivity contribution is 0.112. The molecular weight excluding hydrogens is 166 g/mol. The van der Waals surface area contributed by atoms with Crippen molar-refractivity contribution in [1.82, 2.24) is 11.3 Å². The molecule has 0 saturated heterocycles. The number of halogens is 2. The summed E-state index contributed by atoms with van der Waals surface area (Å²) in [6, 6.07) is 9.10. The average molecular weight is 174 g/mol. The molecule has 0 heterocycles. The van der Waals surface area contributed by atoms with Crippen LogP contribution < -0.4 is 11.3 Å². The maximum absolute atomic E-state index is 10.0. The van der Waals surface area contributed by atoms with E-state index in [4.69, 9.17) is 0 Å². The monoisotopic (exact) mass is 174 g/mol. The molecule has 66 valence electrons. The summed E-state index contributed by atoms with van der Waals surface area (Å²) in [5, 5.41) is 0. The van der Waals surface area contributed by atoms with Crippen LogP contribution in [-0.2, 0) is 0 Å². The molecule has 3 nitrogen and oxygen atoms in total. The zero-order chi connectivity index (χ0) is 9.23. The summed E-state index contributed by atoms with van der Waals surface area (Å²) >= 11 is 0. The second kappa shape index (κ2) is 7.77. The van der Waals surface area contributed by atoms with Crippen LogP contribution in [0.5, 0.6) is 0 Å². The number of hydrogen-bond acceptors (Lipinski definition) is 3. The zero-order valence-corrected chi connectivity index (χ0v) is 6.13. The van der Waals surface area contributed by atoms with Crippen molar-refractivity contribution in [2.75, 3.05) is 0 Å². The normalized spacial score (nSPS) is 8.17. The van der Waals surface area contributed by atoms with Gasteiger partial charge in [-0.05, 0) is 0 Å². The molecule has 0 aliphatic carbocycles. The van der Waals surface area contributed by atoms with Crippen LogP contribution >= 0.6 is 0 Å². The molecule has 0 spiro atoms. The Kier molecular flexibility index (Phi) is 6.91. The summed E-state index contributed by atoms with van der Waals surface area (Å²) in [6.45, 7) is 0. The van der Waals surface area contributed by atoms with Gasteiger partial charge in [0.25, 0.3) is 0 Å². The molecule has 0 aliphatic heterocycles. The van der Waals surface area contributed by atoms with Gasteiger partial charge in [0.05, 0.1) is 0 Å². The van der Waals surface area contributed by atoms with Crippen molar-refractivity contribution in [3.05, 3.63) is 35.9 Å². The Morgan fingerprint density at radius 1 is 1.08 bits per heavy atom. The van der Waals surface area contributed by atoms with Gasteiger partial charge < -0.3 is 0 Å². The fraction of sp³-hybridized carbons (Fsp3) is 0. The van der Waals surface area contributed by atoms with Crippen LogP contribution in [0.2, 0.25) is 0 Å². The molecule has 2 N–H and O–H groups in total. The molecular formula is C7H8F2N2O. The molecule has 0 fully saturated rings. The third-order valence-corrected chi connectivity index (χ3v) is 0.971. The highest BCUT2D eigenvalue weighted by molar-refractivity contribution is 5.74. The van der Waals surface area contributed by atoms with E-state index in [9.17, 15) is 13.8 Å². The summed E-state index contributed by atoms with van der Waals surface area (Å²) in [7, 11) is 0.